The van der Waals surface area contributed by atoms with Crippen molar-refractivity contribution in [3.05, 3.63) is 95.6 Å². The van der Waals surface area contributed by atoms with E-state index in [-0.39, 0.29) is 29.2 Å². The smallest absolute Gasteiger partial charge is 0.264 e. The molecular formula is C33H43N3O4S. The summed E-state index contributed by atoms with van der Waals surface area (Å²) in [5.41, 5.74) is 3.35. The Morgan fingerprint density at radius 2 is 1.54 bits per heavy atom. The van der Waals surface area contributed by atoms with E-state index in [4.69, 9.17) is 0 Å². The van der Waals surface area contributed by atoms with E-state index in [9.17, 15) is 18.0 Å². The Morgan fingerprint density at radius 3 is 2.10 bits per heavy atom. The molecule has 0 spiro atoms. The van der Waals surface area contributed by atoms with Gasteiger partial charge in [-0.3, -0.25) is 13.9 Å². The largest absolute Gasteiger partial charge is 0.354 e. The SMILES string of the molecule is CC[C@H](C(=O)NCC(C)C)N(Cc1cccc(C)c1)C(=O)CN(c1ccc(C(C)C)cc1)S(=O)(=O)c1ccccc1. The van der Waals surface area contributed by atoms with Gasteiger partial charge in [0.2, 0.25) is 11.8 Å². The van der Waals surface area contributed by atoms with Crippen LogP contribution in [0.5, 0.6) is 0 Å². The standard InChI is InChI=1S/C33H43N3O4S/c1-7-31(33(38)34-21-24(2)3)35(22-27-13-11-12-26(6)20-27)32(37)23-36(29-18-16-28(17-19-29)25(4)5)41(39,40)30-14-9-8-10-15-30/h8-20,24-25,31H,7,21-23H2,1-6H3,(H,34,38)/t31-/m1/s1. The van der Waals surface area contributed by atoms with Gasteiger partial charge >= 0.3 is 0 Å². The van der Waals surface area contributed by atoms with Gasteiger partial charge in [-0.15, -0.1) is 0 Å². The average molecular weight is 578 g/mol. The van der Waals surface area contributed by atoms with Crippen molar-refractivity contribution < 1.29 is 18.0 Å². The molecule has 3 rings (SSSR count). The second-order valence-electron chi connectivity index (χ2n) is 11.1. The molecule has 7 nitrogen and oxygen atoms in total. The number of nitrogens with zero attached hydrogens (tertiary/aromatic N) is 2. The number of nitrogens with one attached hydrogen (secondary N) is 1. The highest BCUT2D eigenvalue weighted by molar-refractivity contribution is 7.92. The summed E-state index contributed by atoms with van der Waals surface area (Å²) in [6, 6.07) is 22.4. The highest BCUT2D eigenvalue weighted by atomic mass is 32.2. The molecule has 41 heavy (non-hydrogen) atoms. The van der Waals surface area contributed by atoms with Crippen LogP contribution in [0.2, 0.25) is 0 Å². The summed E-state index contributed by atoms with van der Waals surface area (Å²) in [7, 11) is -4.08. The number of hydrogen-bond acceptors (Lipinski definition) is 4. The molecule has 0 aromatic heterocycles. The van der Waals surface area contributed by atoms with Gasteiger partial charge in [0.25, 0.3) is 10.0 Å². The van der Waals surface area contributed by atoms with Crippen molar-refractivity contribution >= 4 is 27.5 Å². The van der Waals surface area contributed by atoms with E-state index < -0.39 is 28.5 Å². The van der Waals surface area contributed by atoms with E-state index in [1.54, 1.807) is 30.3 Å². The lowest BCUT2D eigenvalue weighted by atomic mass is 10.0. The summed E-state index contributed by atoms with van der Waals surface area (Å²) < 4.78 is 29.0. The molecule has 3 aromatic carbocycles. The number of hydrogen-bond donors (Lipinski definition) is 1. The first-order valence-corrected chi connectivity index (χ1v) is 15.7. The quantitative estimate of drug-likeness (QED) is 0.274. The topological polar surface area (TPSA) is 86.8 Å². The van der Waals surface area contributed by atoms with Crippen molar-refractivity contribution in [2.75, 3.05) is 17.4 Å². The van der Waals surface area contributed by atoms with E-state index >= 15 is 0 Å². The summed E-state index contributed by atoms with van der Waals surface area (Å²) >= 11 is 0. The molecular weight excluding hydrogens is 534 g/mol. The first kappa shape index (κ1) is 31.9. The van der Waals surface area contributed by atoms with Crippen LogP contribution in [-0.4, -0.2) is 44.3 Å². The van der Waals surface area contributed by atoms with Crippen LogP contribution in [0.3, 0.4) is 0 Å². The minimum absolute atomic E-state index is 0.0905. The van der Waals surface area contributed by atoms with Crippen LogP contribution >= 0.6 is 0 Å². The molecule has 0 bridgehead atoms. The maximum absolute atomic E-state index is 14.2. The normalized spacial score (nSPS) is 12.3. The zero-order valence-corrected chi connectivity index (χ0v) is 25.8. The van der Waals surface area contributed by atoms with Crippen molar-refractivity contribution in [1.82, 2.24) is 10.2 Å². The Kier molecular flexibility index (Phi) is 11.1. The zero-order chi connectivity index (χ0) is 30.2. The van der Waals surface area contributed by atoms with Crippen LogP contribution in [0.4, 0.5) is 5.69 Å². The molecule has 0 saturated heterocycles. The summed E-state index contributed by atoms with van der Waals surface area (Å²) in [6.45, 7) is 12.2. The highest BCUT2D eigenvalue weighted by Gasteiger charge is 2.33. The maximum atomic E-state index is 14.2. The zero-order valence-electron chi connectivity index (χ0n) is 25.0. The van der Waals surface area contributed by atoms with Crippen LogP contribution in [0.25, 0.3) is 0 Å². The first-order chi connectivity index (χ1) is 19.4. The molecule has 220 valence electrons. The fourth-order valence-corrected chi connectivity index (χ4v) is 6.06. The third-order valence-corrected chi connectivity index (χ3v) is 8.75. The van der Waals surface area contributed by atoms with Crippen molar-refractivity contribution in [2.45, 2.75) is 71.4 Å². The van der Waals surface area contributed by atoms with Gasteiger partial charge in [0.1, 0.15) is 12.6 Å². The van der Waals surface area contributed by atoms with Gasteiger partial charge in [-0.2, -0.15) is 0 Å². The Hall–Kier alpha value is -3.65. The molecule has 0 fully saturated rings. The predicted molar refractivity (Wildman–Crippen MR) is 165 cm³/mol. The first-order valence-electron chi connectivity index (χ1n) is 14.2. The van der Waals surface area contributed by atoms with Crippen molar-refractivity contribution in [3.63, 3.8) is 0 Å². The van der Waals surface area contributed by atoms with Gasteiger partial charge in [-0.1, -0.05) is 94.8 Å². The van der Waals surface area contributed by atoms with Gasteiger partial charge in [0.05, 0.1) is 10.6 Å². The van der Waals surface area contributed by atoms with Crippen LogP contribution in [0, 0.1) is 12.8 Å². The van der Waals surface area contributed by atoms with E-state index in [1.165, 1.54) is 17.0 Å². The van der Waals surface area contributed by atoms with Crippen molar-refractivity contribution in [2.24, 2.45) is 5.92 Å². The van der Waals surface area contributed by atoms with Crippen LogP contribution in [0.1, 0.15) is 63.6 Å². The third-order valence-electron chi connectivity index (χ3n) is 6.96. The van der Waals surface area contributed by atoms with Gasteiger partial charge in [0, 0.05) is 13.1 Å². The molecule has 8 heteroatoms. The molecule has 0 radical (unpaired) electrons. The second kappa shape index (κ2) is 14.3. The van der Waals surface area contributed by atoms with E-state index in [2.05, 4.69) is 19.2 Å². The molecule has 2 amide bonds. The fourth-order valence-electron chi connectivity index (χ4n) is 4.62. The van der Waals surface area contributed by atoms with Crippen LogP contribution in [0.15, 0.2) is 83.8 Å². The van der Waals surface area contributed by atoms with Crippen molar-refractivity contribution in [1.29, 1.82) is 0 Å². The molecule has 3 aromatic rings. The molecule has 0 saturated carbocycles. The lowest BCUT2D eigenvalue weighted by Gasteiger charge is -2.33. The number of carbonyl (C=O) groups excluding carboxylic acids is 2. The maximum Gasteiger partial charge on any atom is 0.264 e. The third kappa shape index (κ3) is 8.43. The Labute approximate surface area is 245 Å². The monoisotopic (exact) mass is 577 g/mol. The number of amides is 2. The Morgan fingerprint density at radius 1 is 0.878 bits per heavy atom. The van der Waals surface area contributed by atoms with Crippen LogP contribution < -0.4 is 9.62 Å². The van der Waals surface area contributed by atoms with Gasteiger partial charge < -0.3 is 10.2 Å². The minimum Gasteiger partial charge on any atom is -0.354 e. The Balaban J connectivity index is 2.05. The molecule has 0 aliphatic rings. The number of benzene rings is 3. The average Bonchev–Trinajstić information content (AvgIpc) is 2.95. The van der Waals surface area contributed by atoms with Crippen molar-refractivity contribution in [3.8, 4) is 0 Å². The molecule has 1 N–H and O–H groups in total. The highest BCUT2D eigenvalue weighted by Crippen LogP contribution is 2.27. The number of aryl methyl sites for hydroxylation is 1. The number of sulfonamides is 1. The summed E-state index contributed by atoms with van der Waals surface area (Å²) in [4.78, 5) is 29.1. The summed E-state index contributed by atoms with van der Waals surface area (Å²) in [5, 5.41) is 2.96. The van der Waals surface area contributed by atoms with Gasteiger partial charge in [-0.25, -0.2) is 8.42 Å². The summed E-state index contributed by atoms with van der Waals surface area (Å²) in [5.74, 6) is -0.187. The van der Waals surface area contributed by atoms with E-state index in [0.29, 0.717) is 18.7 Å². The fraction of sp³-hybridized carbons (Fsp3) is 0.394. The van der Waals surface area contributed by atoms with E-state index in [0.717, 1.165) is 21.0 Å². The summed E-state index contributed by atoms with van der Waals surface area (Å²) in [6.07, 6.45) is 0.385. The predicted octanol–water partition coefficient (Wildman–Crippen LogP) is 5.89. The molecule has 0 heterocycles. The van der Waals surface area contributed by atoms with Crippen LogP contribution in [-0.2, 0) is 26.2 Å². The lowest BCUT2D eigenvalue weighted by Crippen LogP contribution is -2.52. The molecule has 0 unspecified atom stereocenters. The molecule has 0 aliphatic carbocycles. The minimum atomic E-state index is -4.08. The Bertz CT molecular complexity index is 1400. The number of carbonyl (C=O) groups is 2. The number of anilines is 1. The van der Waals surface area contributed by atoms with Gasteiger partial charge in [0.15, 0.2) is 0 Å². The molecule has 1 atom stereocenters. The number of rotatable bonds is 13. The van der Waals surface area contributed by atoms with Gasteiger partial charge in [-0.05, 0) is 60.6 Å². The molecule has 0 aliphatic heterocycles. The lowest BCUT2D eigenvalue weighted by molar-refractivity contribution is -0.140. The van der Waals surface area contributed by atoms with E-state index in [1.807, 2.05) is 64.1 Å². The second-order valence-corrected chi connectivity index (χ2v) is 13.0.